The van der Waals surface area contributed by atoms with Gasteiger partial charge in [-0.15, -0.1) is 0 Å². The van der Waals surface area contributed by atoms with Gasteiger partial charge in [-0.05, 0) is 30.3 Å². The number of nitrogens with zero attached hydrogens (tertiary/aromatic N) is 1. The van der Waals surface area contributed by atoms with Gasteiger partial charge in [0.25, 0.3) is 5.91 Å². The summed E-state index contributed by atoms with van der Waals surface area (Å²) in [4.78, 5) is 28.3. The van der Waals surface area contributed by atoms with Gasteiger partial charge in [-0.3, -0.25) is 4.79 Å². The quantitative estimate of drug-likeness (QED) is 0.704. The largest absolute Gasteiger partial charge is 0.480 e. The molecule has 1 amide bonds. The SMILES string of the molecule is CC(C)(C)[Si](C)(C)OCC[C@H](NC(=O)c1ccc2ccccc2n1)C(=O)O. The molecule has 2 N–H and O–H groups in total. The van der Waals surface area contributed by atoms with Gasteiger partial charge in [0.05, 0.1) is 5.52 Å². The second kappa shape index (κ2) is 8.18. The molecule has 2 rings (SSSR count). The van der Waals surface area contributed by atoms with E-state index in [1.54, 1.807) is 12.1 Å². The summed E-state index contributed by atoms with van der Waals surface area (Å²) in [5.74, 6) is -1.58. The Kier molecular flexibility index (Phi) is 6.38. The second-order valence-corrected chi connectivity index (χ2v) is 13.0. The standard InChI is InChI=1S/C20H28N2O4Si/c1-20(2,3)27(4,5)26-13-12-17(19(24)25)22-18(23)16-11-10-14-8-6-7-9-15(14)21-16/h6-11,17H,12-13H2,1-5H3,(H,22,23)(H,24,25)/t17-/m0/s1. The number of hydrogen-bond donors (Lipinski definition) is 2. The van der Waals surface area contributed by atoms with Crippen LogP contribution in [-0.2, 0) is 9.22 Å². The first kappa shape index (κ1) is 21.1. The van der Waals surface area contributed by atoms with Crippen molar-refractivity contribution >= 4 is 31.1 Å². The van der Waals surface area contributed by atoms with Crippen LogP contribution in [0.5, 0.6) is 0 Å². The van der Waals surface area contributed by atoms with Crippen molar-refractivity contribution in [3.05, 3.63) is 42.1 Å². The van der Waals surface area contributed by atoms with Gasteiger partial charge in [0.2, 0.25) is 0 Å². The van der Waals surface area contributed by atoms with Gasteiger partial charge < -0.3 is 14.8 Å². The number of nitrogens with one attached hydrogen (secondary N) is 1. The van der Waals surface area contributed by atoms with E-state index in [1.165, 1.54) is 0 Å². The van der Waals surface area contributed by atoms with Gasteiger partial charge in [0, 0.05) is 18.4 Å². The van der Waals surface area contributed by atoms with Crippen molar-refractivity contribution in [2.45, 2.75) is 51.4 Å². The molecule has 0 unspecified atom stereocenters. The molecule has 1 atom stereocenters. The average Bonchev–Trinajstić information content (AvgIpc) is 2.59. The number of fused-ring (bicyclic) bond motifs is 1. The molecule has 2 aromatic rings. The normalized spacial score (nSPS) is 13.4. The number of carbonyl (C=O) groups is 2. The smallest absolute Gasteiger partial charge is 0.326 e. The van der Waals surface area contributed by atoms with Crippen LogP contribution in [0.4, 0.5) is 0 Å². The lowest BCUT2D eigenvalue weighted by atomic mass is 10.2. The predicted octanol–water partition coefficient (Wildman–Crippen LogP) is 3.83. The van der Waals surface area contributed by atoms with Crippen LogP contribution in [0.2, 0.25) is 18.1 Å². The molecule has 0 aliphatic heterocycles. The highest BCUT2D eigenvalue weighted by atomic mass is 28.4. The van der Waals surface area contributed by atoms with E-state index in [9.17, 15) is 14.7 Å². The minimum atomic E-state index is -1.96. The lowest BCUT2D eigenvalue weighted by Gasteiger charge is -2.36. The summed E-state index contributed by atoms with van der Waals surface area (Å²) >= 11 is 0. The third kappa shape index (κ3) is 5.37. The van der Waals surface area contributed by atoms with Crippen LogP contribution in [0.15, 0.2) is 36.4 Å². The number of benzene rings is 1. The number of para-hydroxylation sites is 1. The van der Waals surface area contributed by atoms with Gasteiger partial charge in [0.15, 0.2) is 8.32 Å². The van der Waals surface area contributed by atoms with Crippen LogP contribution >= 0.6 is 0 Å². The summed E-state index contributed by atoms with van der Waals surface area (Å²) in [6, 6.07) is 9.84. The van der Waals surface area contributed by atoms with E-state index in [-0.39, 0.29) is 17.2 Å². The summed E-state index contributed by atoms with van der Waals surface area (Å²) < 4.78 is 6.03. The van der Waals surface area contributed by atoms with E-state index in [4.69, 9.17) is 4.43 Å². The van der Waals surface area contributed by atoms with E-state index in [0.29, 0.717) is 12.1 Å². The summed E-state index contributed by atoms with van der Waals surface area (Å²) in [7, 11) is -1.96. The zero-order chi connectivity index (χ0) is 20.2. The van der Waals surface area contributed by atoms with Crippen molar-refractivity contribution in [1.82, 2.24) is 10.3 Å². The molecule has 1 heterocycles. The molecule has 7 heteroatoms. The molecule has 0 aliphatic rings. The molecular formula is C20H28N2O4Si. The highest BCUT2D eigenvalue weighted by Gasteiger charge is 2.37. The van der Waals surface area contributed by atoms with Crippen molar-refractivity contribution in [3.8, 4) is 0 Å². The fourth-order valence-corrected chi connectivity index (χ4v) is 3.39. The lowest BCUT2D eigenvalue weighted by molar-refractivity contribution is -0.139. The number of hydrogen-bond acceptors (Lipinski definition) is 4. The van der Waals surface area contributed by atoms with Crippen molar-refractivity contribution in [2.24, 2.45) is 0 Å². The van der Waals surface area contributed by atoms with Crippen molar-refractivity contribution in [3.63, 3.8) is 0 Å². The van der Waals surface area contributed by atoms with E-state index in [0.717, 1.165) is 5.39 Å². The Bertz CT molecular complexity index is 830. The van der Waals surface area contributed by atoms with E-state index in [1.807, 2.05) is 24.3 Å². The predicted molar refractivity (Wildman–Crippen MR) is 108 cm³/mol. The van der Waals surface area contributed by atoms with Crippen LogP contribution in [0.3, 0.4) is 0 Å². The highest BCUT2D eigenvalue weighted by molar-refractivity contribution is 6.74. The van der Waals surface area contributed by atoms with Crippen LogP contribution in [0.25, 0.3) is 10.9 Å². The molecule has 0 spiro atoms. The number of carbonyl (C=O) groups excluding carboxylic acids is 1. The number of aliphatic carboxylic acids is 1. The Morgan fingerprint density at radius 3 is 2.48 bits per heavy atom. The molecule has 1 aromatic carbocycles. The first-order valence-corrected chi connectivity index (χ1v) is 12.0. The van der Waals surface area contributed by atoms with Crippen molar-refractivity contribution in [1.29, 1.82) is 0 Å². The van der Waals surface area contributed by atoms with Gasteiger partial charge >= 0.3 is 5.97 Å². The first-order chi connectivity index (χ1) is 12.5. The number of pyridine rings is 1. The molecule has 0 saturated heterocycles. The molecule has 0 bridgehead atoms. The Morgan fingerprint density at radius 2 is 1.85 bits per heavy atom. The molecule has 27 heavy (non-hydrogen) atoms. The molecule has 6 nitrogen and oxygen atoms in total. The Morgan fingerprint density at radius 1 is 1.19 bits per heavy atom. The Hall–Kier alpha value is -2.25. The van der Waals surface area contributed by atoms with Crippen molar-refractivity contribution < 1.29 is 19.1 Å². The maximum atomic E-state index is 12.5. The fourth-order valence-electron chi connectivity index (χ4n) is 2.33. The molecule has 1 aromatic heterocycles. The zero-order valence-corrected chi connectivity index (χ0v) is 17.6. The van der Waals surface area contributed by atoms with E-state index in [2.05, 4.69) is 44.2 Å². The maximum absolute atomic E-state index is 12.5. The molecule has 0 fully saturated rings. The van der Waals surface area contributed by atoms with E-state index >= 15 is 0 Å². The van der Waals surface area contributed by atoms with Crippen LogP contribution < -0.4 is 5.32 Å². The van der Waals surface area contributed by atoms with Gasteiger partial charge in [0.1, 0.15) is 11.7 Å². The number of aromatic nitrogens is 1. The molecule has 146 valence electrons. The monoisotopic (exact) mass is 388 g/mol. The van der Waals surface area contributed by atoms with Gasteiger partial charge in [-0.1, -0.05) is 45.0 Å². The van der Waals surface area contributed by atoms with E-state index < -0.39 is 26.2 Å². The van der Waals surface area contributed by atoms with Crippen LogP contribution in [-0.4, -0.2) is 42.9 Å². The van der Waals surface area contributed by atoms with Crippen LogP contribution in [0, 0.1) is 0 Å². The average molecular weight is 389 g/mol. The lowest BCUT2D eigenvalue weighted by Crippen LogP contribution is -2.44. The molecule has 0 radical (unpaired) electrons. The molecule has 0 saturated carbocycles. The minimum absolute atomic E-state index is 0.0456. The molecular weight excluding hydrogens is 360 g/mol. The number of amides is 1. The summed E-state index contributed by atoms with van der Waals surface area (Å²) in [5, 5.41) is 13.0. The third-order valence-corrected chi connectivity index (χ3v) is 9.65. The van der Waals surface area contributed by atoms with Crippen molar-refractivity contribution in [2.75, 3.05) is 6.61 Å². The number of rotatable bonds is 7. The minimum Gasteiger partial charge on any atom is -0.480 e. The number of carboxylic acid groups (broad SMARTS) is 1. The Labute approximate surface area is 161 Å². The summed E-state index contributed by atoms with van der Waals surface area (Å²) in [5.41, 5.74) is 0.892. The molecule has 0 aliphatic carbocycles. The topological polar surface area (TPSA) is 88.5 Å². The van der Waals surface area contributed by atoms with Gasteiger partial charge in [-0.2, -0.15) is 0 Å². The summed E-state index contributed by atoms with van der Waals surface area (Å²) in [6.45, 7) is 10.9. The van der Waals surface area contributed by atoms with Crippen LogP contribution in [0.1, 0.15) is 37.7 Å². The fraction of sp³-hybridized carbons (Fsp3) is 0.450. The zero-order valence-electron chi connectivity index (χ0n) is 16.6. The first-order valence-electron chi connectivity index (χ1n) is 9.05. The highest BCUT2D eigenvalue weighted by Crippen LogP contribution is 2.36. The third-order valence-electron chi connectivity index (χ3n) is 5.11. The Balaban J connectivity index is 2.02. The second-order valence-electron chi connectivity index (χ2n) is 8.15. The number of carboxylic acids is 1. The maximum Gasteiger partial charge on any atom is 0.326 e. The summed E-state index contributed by atoms with van der Waals surface area (Å²) in [6.07, 6.45) is 0.209. The van der Waals surface area contributed by atoms with Gasteiger partial charge in [-0.25, -0.2) is 9.78 Å².